The van der Waals surface area contributed by atoms with Crippen LogP contribution in [-0.2, 0) is 0 Å². The van der Waals surface area contributed by atoms with Gasteiger partial charge in [-0.25, -0.2) is 0 Å². The van der Waals surface area contributed by atoms with Crippen molar-refractivity contribution in [1.82, 2.24) is 4.90 Å². The van der Waals surface area contributed by atoms with Gasteiger partial charge in [0.15, 0.2) is 0 Å². The molecule has 24 heavy (non-hydrogen) atoms. The summed E-state index contributed by atoms with van der Waals surface area (Å²) in [5, 5.41) is 0.622. The summed E-state index contributed by atoms with van der Waals surface area (Å²) in [6, 6.07) is 14.6. The average molecular weight is 345 g/mol. The highest BCUT2D eigenvalue weighted by atomic mass is 35.5. The van der Waals surface area contributed by atoms with Gasteiger partial charge < -0.3 is 15.4 Å². The largest absolute Gasteiger partial charge is 0.457 e. The Bertz CT molecular complexity index is 718. The summed E-state index contributed by atoms with van der Waals surface area (Å²) < 4.78 is 5.75. The van der Waals surface area contributed by atoms with Gasteiger partial charge in [-0.2, -0.15) is 0 Å². The molecule has 0 bridgehead atoms. The molecule has 0 saturated carbocycles. The number of nitrogens with two attached hydrogens (primary N) is 1. The summed E-state index contributed by atoms with van der Waals surface area (Å²) in [6.45, 7) is 3.43. The maximum Gasteiger partial charge on any atom is 0.254 e. The molecule has 2 aromatic rings. The predicted molar refractivity (Wildman–Crippen MR) is 95.6 cm³/mol. The third kappa shape index (κ3) is 3.71. The van der Waals surface area contributed by atoms with E-state index in [4.69, 9.17) is 22.1 Å². The number of benzene rings is 2. The molecule has 2 unspecified atom stereocenters. The molecule has 1 aliphatic heterocycles. The fourth-order valence-electron chi connectivity index (χ4n) is 3.09. The van der Waals surface area contributed by atoms with Crippen molar-refractivity contribution in [1.29, 1.82) is 0 Å². The lowest BCUT2D eigenvalue weighted by atomic mass is 10.1. The Morgan fingerprint density at radius 3 is 2.62 bits per heavy atom. The smallest absolute Gasteiger partial charge is 0.254 e. The predicted octanol–water partition coefficient (Wildman–Crippen LogP) is 3.94. The van der Waals surface area contributed by atoms with Gasteiger partial charge >= 0.3 is 0 Å². The first-order valence-corrected chi connectivity index (χ1v) is 8.49. The molecule has 0 radical (unpaired) electrons. The number of rotatable bonds is 4. The van der Waals surface area contributed by atoms with Crippen LogP contribution in [-0.4, -0.2) is 29.9 Å². The van der Waals surface area contributed by atoms with Crippen molar-refractivity contribution in [3.63, 3.8) is 0 Å². The van der Waals surface area contributed by atoms with Crippen LogP contribution in [0.1, 0.15) is 23.7 Å². The molecule has 1 aliphatic rings. The minimum Gasteiger partial charge on any atom is -0.457 e. The maximum atomic E-state index is 12.7. The topological polar surface area (TPSA) is 55.6 Å². The Kier molecular flexibility index (Phi) is 5.07. The second-order valence-corrected chi connectivity index (χ2v) is 6.66. The Labute approximate surface area is 147 Å². The molecule has 5 heteroatoms. The van der Waals surface area contributed by atoms with Crippen LogP contribution in [0.25, 0.3) is 0 Å². The lowest BCUT2D eigenvalue weighted by Gasteiger charge is -2.21. The Hall–Kier alpha value is -2.04. The third-order valence-corrected chi connectivity index (χ3v) is 4.62. The second kappa shape index (κ2) is 7.24. The average Bonchev–Trinajstić information content (AvgIpc) is 2.96. The Morgan fingerprint density at radius 2 is 2.00 bits per heavy atom. The normalized spacial score (nSPS) is 20.2. The molecule has 0 aliphatic carbocycles. The number of carbonyl (C=O) groups is 1. The first kappa shape index (κ1) is 16.8. The van der Waals surface area contributed by atoms with E-state index in [1.807, 2.05) is 17.0 Å². The van der Waals surface area contributed by atoms with Gasteiger partial charge in [-0.15, -0.1) is 0 Å². The molecular formula is C19H21ClN2O2. The highest BCUT2D eigenvalue weighted by molar-refractivity contribution is 6.30. The van der Waals surface area contributed by atoms with E-state index < -0.39 is 0 Å². The summed E-state index contributed by atoms with van der Waals surface area (Å²) in [4.78, 5) is 14.6. The first-order chi connectivity index (χ1) is 11.6. The number of ether oxygens (including phenoxy) is 1. The molecule has 1 saturated heterocycles. The number of hydrogen-bond donors (Lipinski definition) is 1. The molecule has 0 spiro atoms. The molecule has 2 aromatic carbocycles. The molecule has 126 valence electrons. The minimum atomic E-state index is 0.0488. The molecule has 4 nitrogen and oxygen atoms in total. The van der Waals surface area contributed by atoms with Crippen LogP contribution in [0.5, 0.6) is 11.5 Å². The van der Waals surface area contributed by atoms with Crippen LogP contribution in [0.15, 0.2) is 48.5 Å². The first-order valence-electron chi connectivity index (χ1n) is 8.11. The van der Waals surface area contributed by atoms with E-state index in [2.05, 4.69) is 6.92 Å². The number of nitrogens with zero attached hydrogens (tertiary/aromatic N) is 1. The van der Waals surface area contributed by atoms with E-state index in [1.54, 1.807) is 36.4 Å². The van der Waals surface area contributed by atoms with E-state index in [-0.39, 0.29) is 11.9 Å². The summed E-state index contributed by atoms with van der Waals surface area (Å²) in [5.41, 5.74) is 6.40. The van der Waals surface area contributed by atoms with Crippen LogP contribution in [0.2, 0.25) is 5.02 Å². The van der Waals surface area contributed by atoms with Crippen molar-refractivity contribution in [2.45, 2.75) is 19.4 Å². The Balaban J connectivity index is 1.69. The van der Waals surface area contributed by atoms with E-state index >= 15 is 0 Å². The van der Waals surface area contributed by atoms with Crippen molar-refractivity contribution in [3.05, 3.63) is 59.1 Å². The van der Waals surface area contributed by atoms with E-state index in [0.29, 0.717) is 34.5 Å². The summed E-state index contributed by atoms with van der Waals surface area (Å²) in [6.07, 6.45) is 0.970. The lowest BCUT2D eigenvalue weighted by Crippen LogP contribution is -2.34. The number of hydrogen-bond acceptors (Lipinski definition) is 3. The van der Waals surface area contributed by atoms with Gasteiger partial charge in [0.2, 0.25) is 0 Å². The molecule has 1 amide bonds. The van der Waals surface area contributed by atoms with Gasteiger partial charge in [-0.1, -0.05) is 17.7 Å². The van der Waals surface area contributed by atoms with Crippen molar-refractivity contribution < 1.29 is 9.53 Å². The fourth-order valence-corrected chi connectivity index (χ4v) is 3.27. The van der Waals surface area contributed by atoms with Crippen LogP contribution in [0.3, 0.4) is 0 Å². The molecule has 1 fully saturated rings. The van der Waals surface area contributed by atoms with E-state index in [0.717, 1.165) is 13.0 Å². The lowest BCUT2D eigenvalue weighted by molar-refractivity contribution is 0.0743. The van der Waals surface area contributed by atoms with Gasteiger partial charge in [-0.05, 0) is 68.3 Å². The van der Waals surface area contributed by atoms with E-state index in [9.17, 15) is 4.79 Å². The molecule has 3 rings (SSSR count). The van der Waals surface area contributed by atoms with Gasteiger partial charge in [0.1, 0.15) is 11.5 Å². The molecule has 1 heterocycles. The number of carbonyl (C=O) groups excluding carboxylic acids is 1. The second-order valence-electron chi connectivity index (χ2n) is 6.23. The van der Waals surface area contributed by atoms with Crippen molar-refractivity contribution in [2.75, 3.05) is 13.1 Å². The SMILES string of the molecule is CC1CC(CN)CN1C(=O)c1ccc(Oc2cccc(Cl)c2)cc1. The summed E-state index contributed by atoms with van der Waals surface area (Å²) in [7, 11) is 0. The van der Waals surface area contributed by atoms with Gasteiger partial charge in [-0.3, -0.25) is 4.79 Å². The zero-order valence-electron chi connectivity index (χ0n) is 13.6. The van der Waals surface area contributed by atoms with Gasteiger partial charge in [0.25, 0.3) is 5.91 Å². The van der Waals surface area contributed by atoms with Crippen LogP contribution < -0.4 is 10.5 Å². The fraction of sp³-hybridized carbons (Fsp3) is 0.316. The zero-order valence-corrected chi connectivity index (χ0v) is 14.4. The monoisotopic (exact) mass is 344 g/mol. The zero-order chi connectivity index (χ0) is 17.1. The quantitative estimate of drug-likeness (QED) is 0.913. The molecular weight excluding hydrogens is 324 g/mol. The maximum absolute atomic E-state index is 12.7. The van der Waals surface area contributed by atoms with Gasteiger partial charge in [0, 0.05) is 23.2 Å². The van der Waals surface area contributed by atoms with Crippen molar-refractivity contribution in [3.8, 4) is 11.5 Å². The number of amides is 1. The van der Waals surface area contributed by atoms with Crippen molar-refractivity contribution >= 4 is 17.5 Å². The summed E-state index contributed by atoms with van der Waals surface area (Å²) in [5.74, 6) is 1.78. The molecule has 2 atom stereocenters. The molecule has 0 aromatic heterocycles. The Morgan fingerprint density at radius 1 is 1.25 bits per heavy atom. The third-order valence-electron chi connectivity index (χ3n) is 4.39. The van der Waals surface area contributed by atoms with E-state index in [1.165, 1.54) is 0 Å². The van der Waals surface area contributed by atoms with Crippen LogP contribution >= 0.6 is 11.6 Å². The standard InChI is InChI=1S/C19H21ClN2O2/c1-13-9-14(11-21)12-22(13)19(23)15-5-7-17(8-6-15)24-18-4-2-3-16(20)10-18/h2-8,10,13-14H,9,11-12,21H2,1H3. The van der Waals surface area contributed by atoms with Crippen LogP contribution in [0, 0.1) is 5.92 Å². The summed E-state index contributed by atoms with van der Waals surface area (Å²) >= 11 is 5.95. The van der Waals surface area contributed by atoms with Crippen LogP contribution in [0.4, 0.5) is 0 Å². The number of likely N-dealkylation sites (tertiary alicyclic amines) is 1. The van der Waals surface area contributed by atoms with Crippen molar-refractivity contribution in [2.24, 2.45) is 11.7 Å². The minimum absolute atomic E-state index is 0.0488. The highest BCUT2D eigenvalue weighted by Crippen LogP contribution is 2.27. The highest BCUT2D eigenvalue weighted by Gasteiger charge is 2.31. The van der Waals surface area contributed by atoms with Gasteiger partial charge in [0.05, 0.1) is 0 Å². The molecule has 2 N–H and O–H groups in total. The number of halogens is 1.